The average Bonchev–Trinajstić information content (AvgIpc) is 2.46. The van der Waals surface area contributed by atoms with E-state index in [1.807, 2.05) is 26.0 Å². The van der Waals surface area contributed by atoms with E-state index in [2.05, 4.69) is 25.6 Å². The van der Waals surface area contributed by atoms with Gasteiger partial charge >= 0.3 is 5.97 Å². The fourth-order valence-electron chi connectivity index (χ4n) is 2.20. The van der Waals surface area contributed by atoms with Crippen molar-refractivity contribution in [3.8, 4) is 0 Å². The summed E-state index contributed by atoms with van der Waals surface area (Å²) in [4.78, 5) is 17.1. The Morgan fingerprint density at radius 3 is 2.26 bits per heavy atom. The molecule has 0 atom stereocenters. The van der Waals surface area contributed by atoms with Crippen molar-refractivity contribution in [3.05, 3.63) is 48.0 Å². The van der Waals surface area contributed by atoms with Crippen LogP contribution in [0.5, 0.6) is 0 Å². The molecule has 0 N–H and O–H groups in total. The van der Waals surface area contributed by atoms with Crippen LogP contribution < -0.4 is 0 Å². The first-order valence-corrected chi connectivity index (χ1v) is 6.89. The van der Waals surface area contributed by atoms with Gasteiger partial charge in [-0.15, -0.1) is 4.65 Å². The highest BCUT2D eigenvalue weighted by atomic mass is 16.7. The Labute approximate surface area is 116 Å². The molecule has 1 aromatic carbocycles. The van der Waals surface area contributed by atoms with Crippen molar-refractivity contribution in [3.63, 3.8) is 0 Å². The van der Waals surface area contributed by atoms with E-state index in [0.29, 0.717) is 11.2 Å². The van der Waals surface area contributed by atoms with E-state index in [1.165, 1.54) is 17.2 Å². The van der Waals surface area contributed by atoms with Crippen LogP contribution in [0.1, 0.15) is 31.9 Å². The molecule has 0 saturated heterocycles. The maximum Gasteiger partial charge on any atom is 0.389 e. The summed E-state index contributed by atoms with van der Waals surface area (Å²) in [7, 11) is 0. The summed E-state index contributed by atoms with van der Waals surface area (Å²) in [6.45, 7) is 11.9. The molecule has 0 aliphatic rings. The molecule has 104 valence electrons. The summed E-state index contributed by atoms with van der Waals surface area (Å²) in [5, 5.41) is 0. The molecule has 0 aliphatic heterocycles. The molecule has 3 heteroatoms. The SMILES string of the molecule is C=CC(=O)O[N+](CC)(CC)Cc1ccccc1CC. The molecule has 0 aromatic heterocycles. The molecule has 0 spiro atoms. The van der Waals surface area contributed by atoms with Crippen molar-refractivity contribution in [2.75, 3.05) is 13.1 Å². The minimum Gasteiger partial charge on any atom is -0.272 e. The summed E-state index contributed by atoms with van der Waals surface area (Å²) >= 11 is 0. The fourth-order valence-corrected chi connectivity index (χ4v) is 2.20. The number of hydroxylamine groups is 3. The Balaban J connectivity index is 3.00. The van der Waals surface area contributed by atoms with Gasteiger partial charge in [-0.3, -0.25) is 4.84 Å². The molecule has 3 nitrogen and oxygen atoms in total. The zero-order valence-electron chi connectivity index (χ0n) is 12.2. The van der Waals surface area contributed by atoms with Crippen molar-refractivity contribution in [1.82, 2.24) is 0 Å². The monoisotopic (exact) mass is 262 g/mol. The second kappa shape index (κ2) is 7.10. The topological polar surface area (TPSA) is 26.3 Å². The lowest BCUT2D eigenvalue weighted by Crippen LogP contribution is -2.48. The second-order valence-corrected chi connectivity index (χ2v) is 4.59. The summed E-state index contributed by atoms with van der Waals surface area (Å²) < 4.78 is 0.307. The first-order valence-electron chi connectivity index (χ1n) is 6.89. The predicted octanol–water partition coefficient (Wildman–Crippen LogP) is 3.25. The number of rotatable bonds is 7. The Morgan fingerprint density at radius 2 is 1.79 bits per heavy atom. The smallest absolute Gasteiger partial charge is 0.272 e. The maximum atomic E-state index is 11.5. The molecule has 0 heterocycles. The van der Waals surface area contributed by atoms with E-state index in [1.54, 1.807) is 0 Å². The molecule has 0 fully saturated rings. The van der Waals surface area contributed by atoms with Gasteiger partial charge in [0.15, 0.2) is 0 Å². The minimum absolute atomic E-state index is 0.307. The third-order valence-electron chi connectivity index (χ3n) is 3.56. The van der Waals surface area contributed by atoms with Gasteiger partial charge < -0.3 is 0 Å². The number of quaternary nitrogens is 1. The van der Waals surface area contributed by atoms with Crippen LogP contribution in [-0.4, -0.2) is 23.7 Å². The molecule has 0 radical (unpaired) electrons. The molecule has 0 aliphatic carbocycles. The Bertz CT molecular complexity index is 436. The first-order chi connectivity index (χ1) is 9.10. The van der Waals surface area contributed by atoms with E-state index >= 15 is 0 Å². The standard InChI is InChI=1S/C16H24NO2/c1-5-14-11-9-10-12-15(14)13-17(7-3,8-4)19-16(18)6-2/h6,9-12H,2,5,7-8,13H2,1,3-4H3/q+1. The third kappa shape index (κ3) is 3.93. The van der Waals surface area contributed by atoms with Gasteiger partial charge in [0, 0.05) is 11.6 Å². The second-order valence-electron chi connectivity index (χ2n) is 4.59. The summed E-state index contributed by atoms with van der Waals surface area (Å²) in [5.74, 6) is -0.363. The quantitative estimate of drug-likeness (QED) is 0.428. The van der Waals surface area contributed by atoms with Crippen LogP contribution in [0.2, 0.25) is 0 Å². The summed E-state index contributed by atoms with van der Waals surface area (Å²) in [6, 6.07) is 8.32. The number of nitrogens with zero attached hydrogens (tertiary/aromatic N) is 1. The van der Waals surface area contributed by atoms with Crippen LogP contribution in [0.4, 0.5) is 0 Å². The summed E-state index contributed by atoms with van der Waals surface area (Å²) in [5.41, 5.74) is 2.55. The molecular weight excluding hydrogens is 238 g/mol. The molecule has 1 aromatic rings. The molecule has 0 saturated carbocycles. The molecule has 1 rings (SSSR count). The van der Waals surface area contributed by atoms with Gasteiger partial charge in [-0.25, -0.2) is 4.79 Å². The zero-order valence-corrected chi connectivity index (χ0v) is 12.2. The normalized spacial score (nSPS) is 11.1. The minimum atomic E-state index is -0.363. The van der Waals surface area contributed by atoms with E-state index in [4.69, 9.17) is 4.84 Å². The third-order valence-corrected chi connectivity index (χ3v) is 3.56. The van der Waals surface area contributed by atoms with Crippen molar-refractivity contribution in [2.45, 2.75) is 33.7 Å². The number of hydrogen-bond donors (Lipinski definition) is 0. The lowest BCUT2D eigenvalue weighted by atomic mass is 10.0. The van der Waals surface area contributed by atoms with Crippen LogP contribution in [0, 0.1) is 0 Å². The van der Waals surface area contributed by atoms with Crippen molar-refractivity contribution >= 4 is 5.97 Å². The highest BCUT2D eigenvalue weighted by Gasteiger charge is 2.29. The van der Waals surface area contributed by atoms with E-state index in [-0.39, 0.29) is 5.97 Å². The summed E-state index contributed by atoms with van der Waals surface area (Å²) in [6.07, 6.45) is 2.21. The number of benzene rings is 1. The molecular formula is C16H24NO2+. The largest absolute Gasteiger partial charge is 0.389 e. The van der Waals surface area contributed by atoms with E-state index in [9.17, 15) is 4.79 Å². The highest BCUT2D eigenvalue weighted by molar-refractivity contribution is 5.80. The van der Waals surface area contributed by atoms with Crippen LogP contribution in [0.15, 0.2) is 36.9 Å². The van der Waals surface area contributed by atoms with Crippen LogP contribution in [0.3, 0.4) is 0 Å². The molecule has 0 bridgehead atoms. The highest BCUT2D eigenvalue weighted by Crippen LogP contribution is 2.19. The Hall–Kier alpha value is -1.61. The first kappa shape index (κ1) is 15.4. The lowest BCUT2D eigenvalue weighted by Gasteiger charge is -2.32. The number of hydrogen-bond acceptors (Lipinski definition) is 2. The van der Waals surface area contributed by atoms with Gasteiger partial charge in [0.25, 0.3) is 0 Å². The lowest BCUT2D eigenvalue weighted by molar-refractivity contribution is -1.10. The van der Waals surface area contributed by atoms with Gasteiger partial charge in [-0.05, 0) is 25.8 Å². The van der Waals surface area contributed by atoms with Gasteiger partial charge in [0.1, 0.15) is 19.6 Å². The molecule has 19 heavy (non-hydrogen) atoms. The Morgan fingerprint density at radius 1 is 1.21 bits per heavy atom. The van der Waals surface area contributed by atoms with Crippen LogP contribution in [0.25, 0.3) is 0 Å². The van der Waals surface area contributed by atoms with Crippen LogP contribution >= 0.6 is 0 Å². The number of carbonyl (C=O) groups excluding carboxylic acids is 1. The van der Waals surface area contributed by atoms with Gasteiger partial charge in [-0.1, -0.05) is 37.8 Å². The van der Waals surface area contributed by atoms with E-state index < -0.39 is 0 Å². The van der Waals surface area contributed by atoms with Gasteiger partial charge in [0.2, 0.25) is 0 Å². The van der Waals surface area contributed by atoms with Crippen LogP contribution in [-0.2, 0) is 22.6 Å². The van der Waals surface area contributed by atoms with Crippen molar-refractivity contribution in [2.24, 2.45) is 0 Å². The van der Waals surface area contributed by atoms with Gasteiger partial charge in [-0.2, -0.15) is 0 Å². The molecule has 0 amide bonds. The number of carbonyl (C=O) groups is 1. The number of aryl methyl sites for hydroxylation is 1. The van der Waals surface area contributed by atoms with Crippen molar-refractivity contribution in [1.29, 1.82) is 0 Å². The maximum absolute atomic E-state index is 11.5. The van der Waals surface area contributed by atoms with Gasteiger partial charge in [0.05, 0.1) is 0 Å². The fraction of sp³-hybridized carbons (Fsp3) is 0.438. The predicted molar refractivity (Wildman–Crippen MR) is 77.2 cm³/mol. The molecule has 0 unspecified atom stereocenters. The van der Waals surface area contributed by atoms with Crippen molar-refractivity contribution < 1.29 is 14.3 Å². The van der Waals surface area contributed by atoms with E-state index in [0.717, 1.165) is 19.5 Å². The average molecular weight is 262 g/mol. The zero-order chi connectivity index (χ0) is 14.3. The Kier molecular flexibility index (Phi) is 5.77.